The molecule has 0 aromatic heterocycles. The maximum Gasteiger partial charge on any atom is 0.323 e. The van der Waals surface area contributed by atoms with E-state index in [1.54, 1.807) is 24.3 Å². The Labute approximate surface area is 106 Å². The second-order valence-corrected chi connectivity index (χ2v) is 4.53. The molecule has 0 spiro atoms. The lowest BCUT2D eigenvalue weighted by atomic mass is 10.1. The van der Waals surface area contributed by atoms with Crippen molar-refractivity contribution in [1.29, 1.82) is 0 Å². The molecular formula is C13H18N2O3. The van der Waals surface area contributed by atoms with Gasteiger partial charge >= 0.3 is 5.97 Å². The number of amides is 1. The summed E-state index contributed by atoms with van der Waals surface area (Å²) in [7, 11) is 0. The SMILES string of the molecule is CC(C)CC(=O)N(CC(=O)O)c1ccccc1N. The number of carboxylic acid groups (broad SMARTS) is 1. The van der Waals surface area contributed by atoms with Crippen LogP contribution in [0.2, 0.25) is 0 Å². The Morgan fingerprint density at radius 2 is 1.94 bits per heavy atom. The number of para-hydroxylation sites is 2. The van der Waals surface area contributed by atoms with E-state index in [0.717, 1.165) is 0 Å². The Hall–Kier alpha value is -2.04. The fourth-order valence-corrected chi connectivity index (χ4v) is 1.64. The van der Waals surface area contributed by atoms with Crippen molar-refractivity contribution in [2.45, 2.75) is 20.3 Å². The molecule has 3 N–H and O–H groups in total. The molecule has 1 amide bonds. The summed E-state index contributed by atoms with van der Waals surface area (Å²) in [5.74, 6) is -1.13. The smallest absolute Gasteiger partial charge is 0.323 e. The van der Waals surface area contributed by atoms with Crippen LogP contribution < -0.4 is 10.6 Å². The summed E-state index contributed by atoms with van der Waals surface area (Å²) in [5.41, 5.74) is 6.63. The van der Waals surface area contributed by atoms with E-state index < -0.39 is 5.97 Å². The lowest BCUT2D eigenvalue weighted by Crippen LogP contribution is -2.36. The third-order valence-corrected chi connectivity index (χ3v) is 2.40. The number of aliphatic carboxylic acids is 1. The van der Waals surface area contributed by atoms with Crippen LogP contribution in [0.4, 0.5) is 11.4 Å². The van der Waals surface area contributed by atoms with Crippen LogP contribution in [0, 0.1) is 5.92 Å². The molecule has 1 rings (SSSR count). The van der Waals surface area contributed by atoms with Crippen LogP contribution in [0.1, 0.15) is 20.3 Å². The molecule has 0 aliphatic carbocycles. The number of hydrogen-bond donors (Lipinski definition) is 2. The largest absolute Gasteiger partial charge is 0.480 e. The lowest BCUT2D eigenvalue weighted by Gasteiger charge is -2.23. The molecule has 98 valence electrons. The van der Waals surface area contributed by atoms with Gasteiger partial charge in [-0.25, -0.2) is 0 Å². The first kappa shape index (κ1) is 14.0. The van der Waals surface area contributed by atoms with E-state index in [-0.39, 0.29) is 18.4 Å². The van der Waals surface area contributed by atoms with Crippen LogP contribution in [-0.4, -0.2) is 23.5 Å². The maximum absolute atomic E-state index is 12.0. The zero-order valence-electron chi connectivity index (χ0n) is 10.6. The number of nitrogens with two attached hydrogens (primary N) is 1. The summed E-state index contributed by atoms with van der Waals surface area (Å²) < 4.78 is 0. The Morgan fingerprint density at radius 1 is 1.33 bits per heavy atom. The van der Waals surface area contributed by atoms with Crippen LogP contribution in [-0.2, 0) is 9.59 Å². The van der Waals surface area contributed by atoms with Gasteiger partial charge in [-0.1, -0.05) is 26.0 Å². The van der Waals surface area contributed by atoms with E-state index in [9.17, 15) is 9.59 Å². The van der Waals surface area contributed by atoms with Crippen LogP contribution in [0.3, 0.4) is 0 Å². The Morgan fingerprint density at radius 3 is 2.44 bits per heavy atom. The van der Waals surface area contributed by atoms with Crippen LogP contribution in [0.25, 0.3) is 0 Å². The summed E-state index contributed by atoms with van der Waals surface area (Å²) in [5, 5.41) is 8.88. The van der Waals surface area contributed by atoms with Crippen molar-refractivity contribution in [3.05, 3.63) is 24.3 Å². The van der Waals surface area contributed by atoms with Gasteiger partial charge in [0.25, 0.3) is 0 Å². The van der Waals surface area contributed by atoms with Crippen molar-refractivity contribution in [2.24, 2.45) is 5.92 Å². The average Bonchev–Trinajstić information content (AvgIpc) is 2.25. The second-order valence-electron chi connectivity index (χ2n) is 4.53. The van der Waals surface area contributed by atoms with Crippen molar-refractivity contribution in [2.75, 3.05) is 17.2 Å². The van der Waals surface area contributed by atoms with Crippen LogP contribution >= 0.6 is 0 Å². The number of carbonyl (C=O) groups is 2. The number of nitrogens with zero attached hydrogens (tertiary/aromatic N) is 1. The number of hydrogen-bond acceptors (Lipinski definition) is 3. The Balaban J connectivity index is 3.02. The monoisotopic (exact) mass is 250 g/mol. The zero-order chi connectivity index (χ0) is 13.7. The fourth-order valence-electron chi connectivity index (χ4n) is 1.64. The third-order valence-electron chi connectivity index (χ3n) is 2.40. The highest BCUT2D eigenvalue weighted by Gasteiger charge is 2.21. The van der Waals surface area contributed by atoms with Gasteiger partial charge in [-0.15, -0.1) is 0 Å². The summed E-state index contributed by atoms with van der Waals surface area (Å²) in [6.45, 7) is 3.44. The van der Waals surface area contributed by atoms with Gasteiger partial charge in [-0.05, 0) is 18.1 Å². The molecule has 0 fully saturated rings. The molecule has 0 aliphatic heterocycles. The molecule has 5 heteroatoms. The Kier molecular flexibility index (Phi) is 4.71. The van der Waals surface area contributed by atoms with E-state index in [1.807, 2.05) is 13.8 Å². The van der Waals surface area contributed by atoms with Gasteiger partial charge in [0.2, 0.25) is 5.91 Å². The van der Waals surface area contributed by atoms with Gasteiger partial charge in [0.05, 0.1) is 11.4 Å². The molecule has 1 aromatic carbocycles. The minimum Gasteiger partial charge on any atom is -0.480 e. The van der Waals surface area contributed by atoms with E-state index in [0.29, 0.717) is 17.8 Å². The molecule has 18 heavy (non-hydrogen) atoms. The van der Waals surface area contributed by atoms with Crippen molar-refractivity contribution in [3.63, 3.8) is 0 Å². The molecule has 0 heterocycles. The predicted octanol–water partition coefficient (Wildman–Crippen LogP) is 1.73. The van der Waals surface area contributed by atoms with Crippen LogP contribution in [0.5, 0.6) is 0 Å². The molecule has 0 aliphatic rings. The van der Waals surface area contributed by atoms with Gasteiger partial charge < -0.3 is 10.8 Å². The fraction of sp³-hybridized carbons (Fsp3) is 0.385. The van der Waals surface area contributed by atoms with Gasteiger partial charge in [0.15, 0.2) is 0 Å². The first-order valence-electron chi connectivity index (χ1n) is 5.78. The molecular weight excluding hydrogens is 232 g/mol. The third kappa shape index (κ3) is 3.76. The molecule has 1 aromatic rings. The van der Waals surface area contributed by atoms with Crippen molar-refractivity contribution < 1.29 is 14.7 Å². The van der Waals surface area contributed by atoms with E-state index in [1.165, 1.54) is 4.90 Å². The number of rotatable bonds is 5. The topological polar surface area (TPSA) is 83.6 Å². The number of carbonyl (C=O) groups excluding carboxylic acids is 1. The van der Waals surface area contributed by atoms with Gasteiger partial charge in [0.1, 0.15) is 6.54 Å². The van der Waals surface area contributed by atoms with E-state index in [2.05, 4.69) is 0 Å². The molecule has 0 atom stereocenters. The van der Waals surface area contributed by atoms with Gasteiger partial charge in [0, 0.05) is 6.42 Å². The number of carboxylic acids is 1. The average molecular weight is 250 g/mol. The highest BCUT2D eigenvalue weighted by atomic mass is 16.4. The summed E-state index contributed by atoms with van der Waals surface area (Å²) in [6, 6.07) is 6.76. The zero-order valence-corrected chi connectivity index (χ0v) is 10.6. The summed E-state index contributed by atoms with van der Waals surface area (Å²) >= 11 is 0. The van der Waals surface area contributed by atoms with Gasteiger partial charge in [-0.2, -0.15) is 0 Å². The molecule has 0 bridgehead atoms. The molecule has 0 radical (unpaired) electrons. The molecule has 0 saturated heterocycles. The van der Waals surface area contributed by atoms with Crippen molar-refractivity contribution in [3.8, 4) is 0 Å². The standard InChI is InChI=1S/C13H18N2O3/c1-9(2)7-12(16)15(8-13(17)18)11-6-4-3-5-10(11)14/h3-6,9H,7-8,14H2,1-2H3,(H,17,18). The Bertz CT molecular complexity index is 444. The van der Waals surface area contributed by atoms with Crippen LogP contribution in [0.15, 0.2) is 24.3 Å². The molecule has 0 saturated carbocycles. The summed E-state index contributed by atoms with van der Waals surface area (Å²) in [4.78, 5) is 24.1. The lowest BCUT2D eigenvalue weighted by molar-refractivity contribution is -0.136. The van der Waals surface area contributed by atoms with Gasteiger partial charge in [-0.3, -0.25) is 14.5 Å². The first-order chi connectivity index (χ1) is 8.41. The maximum atomic E-state index is 12.0. The minimum atomic E-state index is -1.06. The van der Waals surface area contributed by atoms with E-state index in [4.69, 9.17) is 10.8 Å². The quantitative estimate of drug-likeness (QED) is 0.779. The first-order valence-corrected chi connectivity index (χ1v) is 5.78. The predicted molar refractivity (Wildman–Crippen MR) is 70.3 cm³/mol. The highest BCUT2D eigenvalue weighted by molar-refractivity contribution is 5.99. The number of nitrogen functional groups attached to an aromatic ring is 1. The van der Waals surface area contributed by atoms with Crippen molar-refractivity contribution >= 4 is 23.3 Å². The van der Waals surface area contributed by atoms with E-state index >= 15 is 0 Å². The normalized spacial score (nSPS) is 10.4. The summed E-state index contributed by atoms with van der Waals surface area (Å²) in [6.07, 6.45) is 0.293. The molecule has 0 unspecified atom stereocenters. The number of anilines is 2. The number of benzene rings is 1. The second kappa shape index (κ2) is 6.05. The minimum absolute atomic E-state index is 0.165. The van der Waals surface area contributed by atoms with Crippen molar-refractivity contribution in [1.82, 2.24) is 0 Å². The molecule has 5 nitrogen and oxygen atoms in total. The highest BCUT2D eigenvalue weighted by Crippen LogP contribution is 2.23.